The van der Waals surface area contributed by atoms with Crippen molar-refractivity contribution in [3.05, 3.63) is 0 Å². The summed E-state index contributed by atoms with van der Waals surface area (Å²) in [6.45, 7) is 12.7. The molecule has 1 rings (SSSR count). The number of hydrogen-bond donors (Lipinski definition) is 0. The van der Waals surface area contributed by atoms with Crippen molar-refractivity contribution in [3.63, 3.8) is 0 Å². The first-order chi connectivity index (χ1) is 4.66. The minimum absolute atomic E-state index is 0.0761. The zero-order valence-corrected chi connectivity index (χ0v) is 9.32. The van der Waals surface area contributed by atoms with Gasteiger partial charge in [0.05, 0.1) is 0 Å². The van der Waals surface area contributed by atoms with Crippen LogP contribution in [0.4, 0.5) is 0 Å². The molecule has 0 N–H and O–H groups in total. The van der Waals surface area contributed by atoms with Crippen LogP contribution in [0.3, 0.4) is 0 Å². The van der Waals surface area contributed by atoms with Gasteiger partial charge in [-0.1, -0.05) is 0 Å². The Morgan fingerprint density at radius 2 is 1.45 bits per heavy atom. The maximum absolute atomic E-state index is 5.87. The van der Waals surface area contributed by atoms with E-state index in [1.807, 2.05) is 6.92 Å². The molecule has 0 aromatic rings. The van der Waals surface area contributed by atoms with E-state index in [1.54, 1.807) is 0 Å². The molecule has 1 fully saturated rings. The van der Waals surface area contributed by atoms with Crippen LogP contribution in [0.25, 0.3) is 0 Å². The first-order valence-electron chi connectivity index (χ1n) is 4.07. The highest BCUT2D eigenvalue weighted by Gasteiger charge is 2.62. The minimum atomic E-state index is -1.44. The molecule has 1 unspecified atom stereocenters. The number of rotatable bonds is 2. The van der Waals surface area contributed by atoms with E-state index in [0.717, 1.165) is 0 Å². The Kier molecular flexibility index (Phi) is 1.75. The molecule has 1 atom stereocenters. The third-order valence-electron chi connectivity index (χ3n) is 2.00. The van der Waals surface area contributed by atoms with E-state index in [4.69, 9.17) is 9.16 Å². The van der Waals surface area contributed by atoms with Gasteiger partial charge in [-0.15, -0.1) is 0 Å². The molecular weight excluding hydrogens is 156 g/mol. The summed E-state index contributed by atoms with van der Waals surface area (Å²) < 4.78 is 11.3. The van der Waals surface area contributed by atoms with Crippen LogP contribution in [0.15, 0.2) is 0 Å². The summed E-state index contributed by atoms with van der Waals surface area (Å²) in [5, 5.41) is 0. The van der Waals surface area contributed by atoms with Gasteiger partial charge >= 0.3 is 0 Å². The van der Waals surface area contributed by atoms with E-state index in [9.17, 15) is 0 Å². The summed E-state index contributed by atoms with van der Waals surface area (Å²) in [6, 6.07) is 0. The lowest BCUT2D eigenvalue weighted by atomic mass is 10.1. The molecule has 0 amide bonds. The van der Waals surface area contributed by atoms with Crippen LogP contribution in [0, 0.1) is 0 Å². The van der Waals surface area contributed by atoms with Crippen LogP contribution in [0.1, 0.15) is 20.8 Å². The van der Waals surface area contributed by atoms with Crippen molar-refractivity contribution in [1.29, 1.82) is 0 Å². The largest absolute Gasteiger partial charge is 0.389 e. The average Bonchev–Trinajstić information content (AvgIpc) is 1.96. The molecule has 0 bridgehead atoms. The Hall–Kier alpha value is 0.137. The van der Waals surface area contributed by atoms with E-state index in [1.165, 1.54) is 0 Å². The summed E-state index contributed by atoms with van der Waals surface area (Å²) in [7, 11) is -1.44. The van der Waals surface area contributed by atoms with Gasteiger partial charge in [0.25, 0.3) is 0 Å². The molecule has 0 aliphatic carbocycles. The van der Waals surface area contributed by atoms with Gasteiger partial charge in [-0.2, -0.15) is 0 Å². The van der Waals surface area contributed by atoms with Crippen molar-refractivity contribution < 1.29 is 9.16 Å². The van der Waals surface area contributed by atoms with Gasteiger partial charge in [-0.25, -0.2) is 0 Å². The van der Waals surface area contributed by atoms with E-state index in [-0.39, 0.29) is 11.4 Å². The molecule has 0 spiro atoms. The van der Waals surface area contributed by atoms with Gasteiger partial charge < -0.3 is 9.16 Å². The topological polar surface area (TPSA) is 21.8 Å². The molecule has 1 saturated heterocycles. The molecule has 3 heteroatoms. The normalized spacial score (nSPS) is 35.5. The smallest absolute Gasteiger partial charge is 0.187 e. The number of epoxide rings is 1. The molecule has 0 aromatic heterocycles. The molecule has 1 aliphatic heterocycles. The van der Waals surface area contributed by atoms with Gasteiger partial charge in [0.1, 0.15) is 5.60 Å². The summed E-state index contributed by atoms with van der Waals surface area (Å²) in [4.78, 5) is 0. The Bertz CT molecular complexity index is 171. The van der Waals surface area contributed by atoms with Gasteiger partial charge in [-0.3, -0.25) is 0 Å². The van der Waals surface area contributed by atoms with Crippen LogP contribution < -0.4 is 0 Å². The zero-order chi connectivity index (χ0) is 8.91. The maximum atomic E-state index is 5.87. The lowest BCUT2D eigenvalue weighted by Gasteiger charge is -2.22. The third kappa shape index (κ3) is 1.83. The van der Waals surface area contributed by atoms with Crippen molar-refractivity contribution in [2.75, 3.05) is 0 Å². The van der Waals surface area contributed by atoms with Crippen molar-refractivity contribution >= 4 is 8.32 Å². The quantitative estimate of drug-likeness (QED) is 0.473. The lowest BCUT2D eigenvalue weighted by molar-refractivity contribution is 0.0730. The second-order valence-electron chi connectivity index (χ2n) is 4.77. The Morgan fingerprint density at radius 1 is 1.09 bits per heavy atom. The van der Waals surface area contributed by atoms with Crippen molar-refractivity contribution in [3.8, 4) is 0 Å². The molecular formula is C8H18O2Si. The molecule has 0 aromatic carbocycles. The predicted molar refractivity (Wildman–Crippen MR) is 48.0 cm³/mol. The second-order valence-corrected chi connectivity index (χ2v) is 9.20. The number of hydrogen-bond acceptors (Lipinski definition) is 2. The van der Waals surface area contributed by atoms with Crippen molar-refractivity contribution in [2.45, 2.75) is 51.8 Å². The fourth-order valence-electron chi connectivity index (χ4n) is 1.19. The second kappa shape index (κ2) is 2.09. The molecule has 2 nitrogen and oxygen atoms in total. The van der Waals surface area contributed by atoms with Crippen LogP contribution in [-0.2, 0) is 9.16 Å². The zero-order valence-electron chi connectivity index (χ0n) is 8.32. The number of ether oxygens (including phenoxy) is 1. The monoisotopic (exact) mass is 174 g/mol. The first-order valence-corrected chi connectivity index (χ1v) is 7.47. The van der Waals surface area contributed by atoms with E-state index >= 15 is 0 Å². The van der Waals surface area contributed by atoms with Crippen molar-refractivity contribution in [2.24, 2.45) is 0 Å². The molecule has 1 heterocycles. The fourth-order valence-corrected chi connectivity index (χ4v) is 2.65. The van der Waals surface area contributed by atoms with Crippen molar-refractivity contribution in [1.82, 2.24) is 0 Å². The van der Waals surface area contributed by atoms with Crippen LogP contribution in [0.5, 0.6) is 0 Å². The highest BCUT2D eigenvalue weighted by atomic mass is 28.4. The molecule has 11 heavy (non-hydrogen) atoms. The summed E-state index contributed by atoms with van der Waals surface area (Å²) >= 11 is 0. The minimum Gasteiger partial charge on any atom is -0.389 e. The summed E-state index contributed by atoms with van der Waals surface area (Å²) in [5.74, 6) is -0.308. The summed E-state index contributed by atoms with van der Waals surface area (Å²) in [5.41, 5.74) is -0.0761. The van der Waals surface area contributed by atoms with E-state index in [2.05, 4.69) is 33.5 Å². The average molecular weight is 174 g/mol. The predicted octanol–water partition coefficient (Wildman–Crippen LogP) is 2.36. The van der Waals surface area contributed by atoms with Crippen LogP contribution in [0.2, 0.25) is 19.6 Å². The lowest BCUT2D eigenvalue weighted by Crippen LogP contribution is -2.35. The Labute approximate surface area is 70.0 Å². The van der Waals surface area contributed by atoms with Gasteiger partial charge in [-0.05, 0) is 40.4 Å². The van der Waals surface area contributed by atoms with Gasteiger partial charge in [0.2, 0.25) is 0 Å². The molecule has 0 saturated carbocycles. The first kappa shape index (κ1) is 9.23. The Balaban J connectivity index is 2.54. The van der Waals surface area contributed by atoms with Crippen LogP contribution >= 0.6 is 0 Å². The molecule has 1 aliphatic rings. The van der Waals surface area contributed by atoms with E-state index < -0.39 is 8.32 Å². The highest BCUT2D eigenvalue weighted by Crippen LogP contribution is 2.49. The standard InChI is InChI=1S/C8H18O2Si/c1-7(2)8(3,9-7)10-11(4,5)6/h1-6H3. The summed E-state index contributed by atoms with van der Waals surface area (Å²) in [6.07, 6.45) is 0. The fraction of sp³-hybridized carbons (Fsp3) is 1.00. The third-order valence-corrected chi connectivity index (χ3v) is 3.00. The van der Waals surface area contributed by atoms with E-state index in [0.29, 0.717) is 0 Å². The highest BCUT2D eigenvalue weighted by molar-refractivity contribution is 6.69. The molecule has 0 radical (unpaired) electrons. The van der Waals surface area contributed by atoms with Crippen LogP contribution in [-0.4, -0.2) is 19.7 Å². The SMILES string of the molecule is CC1(C)OC1(C)O[Si](C)(C)C. The maximum Gasteiger partial charge on any atom is 0.187 e. The Morgan fingerprint density at radius 3 is 1.55 bits per heavy atom. The van der Waals surface area contributed by atoms with Gasteiger partial charge in [0, 0.05) is 0 Å². The van der Waals surface area contributed by atoms with Gasteiger partial charge in [0.15, 0.2) is 14.1 Å². The molecule has 66 valence electrons.